The van der Waals surface area contributed by atoms with Gasteiger partial charge >= 0.3 is 0 Å². The van der Waals surface area contributed by atoms with E-state index in [1.807, 2.05) is 11.8 Å². The lowest BCUT2D eigenvalue weighted by molar-refractivity contribution is -0.140. The summed E-state index contributed by atoms with van der Waals surface area (Å²) in [6.45, 7) is 2.78. The Labute approximate surface area is 104 Å². The number of carbonyl (C=O) groups is 1. The molecule has 2 fully saturated rings. The van der Waals surface area contributed by atoms with Crippen LogP contribution in [0.1, 0.15) is 58.3 Å². The zero-order valence-corrected chi connectivity index (χ0v) is 10.7. The van der Waals surface area contributed by atoms with Gasteiger partial charge in [0.2, 0.25) is 5.91 Å². The van der Waals surface area contributed by atoms with E-state index in [2.05, 4.69) is 6.07 Å². The molecule has 3 heteroatoms. The summed E-state index contributed by atoms with van der Waals surface area (Å²) in [6.07, 6.45) is 8.20. The highest BCUT2D eigenvalue weighted by atomic mass is 16.2. The second kappa shape index (κ2) is 5.08. The van der Waals surface area contributed by atoms with Gasteiger partial charge in [-0.15, -0.1) is 0 Å². The number of rotatable bonds is 3. The van der Waals surface area contributed by atoms with E-state index >= 15 is 0 Å². The molecule has 2 rings (SSSR count). The highest BCUT2D eigenvalue weighted by molar-refractivity contribution is 5.86. The Morgan fingerprint density at radius 1 is 1.29 bits per heavy atom. The van der Waals surface area contributed by atoms with Gasteiger partial charge in [-0.2, -0.15) is 5.26 Å². The van der Waals surface area contributed by atoms with Crippen LogP contribution in [0.5, 0.6) is 0 Å². The molecule has 0 N–H and O–H groups in total. The Balaban J connectivity index is 2.15. The van der Waals surface area contributed by atoms with Gasteiger partial charge in [-0.25, -0.2) is 0 Å². The second-order valence-electron chi connectivity index (χ2n) is 5.43. The monoisotopic (exact) mass is 234 g/mol. The first-order valence-corrected chi connectivity index (χ1v) is 6.96. The summed E-state index contributed by atoms with van der Waals surface area (Å²) in [5, 5.41) is 9.49. The fourth-order valence-corrected chi connectivity index (χ4v) is 2.93. The summed E-state index contributed by atoms with van der Waals surface area (Å²) >= 11 is 0. The Morgan fingerprint density at radius 3 is 2.29 bits per heavy atom. The van der Waals surface area contributed by atoms with Gasteiger partial charge in [0.05, 0.1) is 6.07 Å². The Hall–Kier alpha value is -1.04. The third-order valence-corrected chi connectivity index (χ3v) is 4.17. The summed E-state index contributed by atoms with van der Waals surface area (Å²) in [5.74, 6) is 0.118. The molecule has 17 heavy (non-hydrogen) atoms. The quantitative estimate of drug-likeness (QED) is 0.705. The molecule has 2 saturated carbocycles. The van der Waals surface area contributed by atoms with E-state index in [4.69, 9.17) is 0 Å². The van der Waals surface area contributed by atoms with Crippen molar-refractivity contribution in [2.24, 2.45) is 5.41 Å². The third-order valence-electron chi connectivity index (χ3n) is 4.17. The number of carbonyl (C=O) groups excluding carboxylic acids is 1. The molecule has 0 radical (unpaired) electrons. The molecular weight excluding hydrogens is 212 g/mol. The van der Waals surface area contributed by atoms with Gasteiger partial charge in [0, 0.05) is 12.6 Å². The number of nitrogens with zero attached hydrogens (tertiary/aromatic N) is 2. The van der Waals surface area contributed by atoms with Crippen molar-refractivity contribution in [2.45, 2.75) is 64.3 Å². The third kappa shape index (κ3) is 2.46. The van der Waals surface area contributed by atoms with Crippen LogP contribution < -0.4 is 0 Å². The number of nitriles is 1. The number of hydrogen-bond donors (Lipinski definition) is 0. The largest absolute Gasteiger partial charge is 0.339 e. The molecule has 0 bridgehead atoms. The smallest absolute Gasteiger partial charge is 0.243 e. The first-order chi connectivity index (χ1) is 8.23. The molecule has 3 nitrogen and oxygen atoms in total. The predicted octanol–water partition coefficient (Wildman–Crippen LogP) is 2.86. The average Bonchev–Trinajstić information content (AvgIpc) is 3.16. The predicted molar refractivity (Wildman–Crippen MR) is 66.2 cm³/mol. The van der Waals surface area contributed by atoms with Crippen molar-refractivity contribution in [3.05, 3.63) is 0 Å². The molecule has 0 unspecified atom stereocenters. The van der Waals surface area contributed by atoms with Crippen molar-refractivity contribution in [1.82, 2.24) is 4.90 Å². The van der Waals surface area contributed by atoms with Crippen LogP contribution in [0.4, 0.5) is 0 Å². The summed E-state index contributed by atoms with van der Waals surface area (Å²) in [4.78, 5) is 14.6. The molecule has 0 aromatic carbocycles. The summed E-state index contributed by atoms with van der Waals surface area (Å²) < 4.78 is 0. The lowest BCUT2D eigenvalue weighted by Gasteiger charge is -2.31. The zero-order chi connectivity index (χ0) is 12.3. The highest BCUT2D eigenvalue weighted by Gasteiger charge is 2.44. The van der Waals surface area contributed by atoms with Crippen LogP contribution in [0, 0.1) is 16.7 Å². The summed E-state index contributed by atoms with van der Waals surface area (Å²) in [6, 6.07) is 2.79. The van der Waals surface area contributed by atoms with Crippen molar-refractivity contribution in [3.63, 3.8) is 0 Å². The normalized spacial score (nSPS) is 23.5. The van der Waals surface area contributed by atoms with Gasteiger partial charge in [-0.05, 0) is 32.6 Å². The van der Waals surface area contributed by atoms with Gasteiger partial charge in [-0.3, -0.25) is 4.79 Å². The van der Waals surface area contributed by atoms with Crippen molar-refractivity contribution >= 4 is 5.91 Å². The topological polar surface area (TPSA) is 44.1 Å². The van der Waals surface area contributed by atoms with Crippen LogP contribution in [0.15, 0.2) is 0 Å². The zero-order valence-electron chi connectivity index (χ0n) is 10.7. The number of amides is 1. The Bertz CT molecular complexity index is 320. The van der Waals surface area contributed by atoms with E-state index < -0.39 is 5.41 Å². The standard InChI is InChI=1S/C14H22N2O/c1-2-16(12-7-8-12)13(17)14(11-15)9-5-3-4-6-10-14/h12H,2-10H2,1H3. The second-order valence-corrected chi connectivity index (χ2v) is 5.43. The SMILES string of the molecule is CCN(C(=O)C1(C#N)CCCCCC1)C1CC1. The van der Waals surface area contributed by atoms with Crippen LogP contribution in [0.2, 0.25) is 0 Å². The fraction of sp³-hybridized carbons (Fsp3) is 0.857. The van der Waals surface area contributed by atoms with Crippen LogP contribution >= 0.6 is 0 Å². The number of hydrogen-bond acceptors (Lipinski definition) is 2. The first-order valence-electron chi connectivity index (χ1n) is 6.96. The molecule has 94 valence electrons. The maximum Gasteiger partial charge on any atom is 0.243 e. The molecule has 0 atom stereocenters. The van der Waals surface area contributed by atoms with E-state index in [1.165, 1.54) is 12.8 Å². The Morgan fingerprint density at radius 2 is 1.88 bits per heavy atom. The van der Waals surface area contributed by atoms with Gasteiger partial charge in [0.15, 0.2) is 0 Å². The maximum absolute atomic E-state index is 12.6. The van der Waals surface area contributed by atoms with E-state index in [0.29, 0.717) is 6.04 Å². The first kappa shape index (κ1) is 12.4. The molecule has 0 spiro atoms. The minimum atomic E-state index is -0.699. The molecular formula is C14H22N2O. The Kier molecular flexibility index (Phi) is 3.71. The minimum absolute atomic E-state index is 0.118. The molecule has 1 amide bonds. The van der Waals surface area contributed by atoms with Crippen molar-refractivity contribution in [3.8, 4) is 6.07 Å². The molecule has 0 heterocycles. The van der Waals surface area contributed by atoms with E-state index in [1.54, 1.807) is 0 Å². The molecule has 0 aromatic rings. The lowest BCUT2D eigenvalue weighted by atomic mass is 9.80. The van der Waals surface area contributed by atoms with Crippen LogP contribution in [-0.4, -0.2) is 23.4 Å². The van der Waals surface area contributed by atoms with Gasteiger partial charge in [0.1, 0.15) is 5.41 Å². The summed E-state index contributed by atoms with van der Waals surface area (Å²) in [5.41, 5.74) is -0.699. The molecule has 2 aliphatic carbocycles. The molecule has 0 aliphatic heterocycles. The highest BCUT2D eigenvalue weighted by Crippen LogP contribution is 2.39. The molecule has 0 aromatic heterocycles. The van der Waals surface area contributed by atoms with E-state index in [-0.39, 0.29) is 5.91 Å². The summed E-state index contributed by atoms with van der Waals surface area (Å²) in [7, 11) is 0. The fourth-order valence-electron chi connectivity index (χ4n) is 2.93. The van der Waals surface area contributed by atoms with Crippen molar-refractivity contribution in [2.75, 3.05) is 6.54 Å². The maximum atomic E-state index is 12.6. The van der Waals surface area contributed by atoms with E-state index in [0.717, 1.165) is 45.1 Å². The molecule has 2 aliphatic rings. The van der Waals surface area contributed by atoms with Crippen LogP contribution in [0.25, 0.3) is 0 Å². The lowest BCUT2D eigenvalue weighted by Crippen LogP contribution is -2.44. The van der Waals surface area contributed by atoms with Crippen molar-refractivity contribution in [1.29, 1.82) is 5.26 Å². The minimum Gasteiger partial charge on any atom is -0.339 e. The average molecular weight is 234 g/mol. The molecule has 0 saturated heterocycles. The van der Waals surface area contributed by atoms with Gasteiger partial charge in [-0.1, -0.05) is 25.7 Å². The van der Waals surface area contributed by atoms with Gasteiger partial charge in [0.25, 0.3) is 0 Å². The van der Waals surface area contributed by atoms with Crippen molar-refractivity contribution < 1.29 is 4.79 Å². The van der Waals surface area contributed by atoms with E-state index in [9.17, 15) is 10.1 Å². The van der Waals surface area contributed by atoms with Crippen LogP contribution in [-0.2, 0) is 4.79 Å². The van der Waals surface area contributed by atoms with Crippen LogP contribution in [0.3, 0.4) is 0 Å². The van der Waals surface area contributed by atoms with Gasteiger partial charge < -0.3 is 4.90 Å².